The van der Waals surface area contributed by atoms with E-state index in [1.165, 1.54) is 0 Å². The number of hydrogen-bond acceptors (Lipinski definition) is 7. The summed E-state index contributed by atoms with van der Waals surface area (Å²) in [6.45, 7) is 6.66. The predicted molar refractivity (Wildman–Crippen MR) is 114 cm³/mol. The highest BCUT2D eigenvalue weighted by Gasteiger charge is 2.22. The first-order valence-electron chi connectivity index (χ1n) is 9.66. The van der Waals surface area contributed by atoms with Crippen LogP contribution in [0.2, 0.25) is 0 Å². The van der Waals surface area contributed by atoms with Crippen molar-refractivity contribution in [3.63, 3.8) is 0 Å². The van der Waals surface area contributed by atoms with Gasteiger partial charge in [0.15, 0.2) is 0 Å². The summed E-state index contributed by atoms with van der Waals surface area (Å²) in [5.74, 6) is 0.449. The third-order valence-corrected chi connectivity index (χ3v) is 5.58. The molecule has 4 aromatic rings. The van der Waals surface area contributed by atoms with Gasteiger partial charge < -0.3 is 9.84 Å². The molecule has 4 rings (SSSR count). The van der Waals surface area contributed by atoms with Crippen molar-refractivity contribution in [3.8, 4) is 21.8 Å². The molecule has 0 spiro atoms. The monoisotopic (exact) mass is 422 g/mol. The van der Waals surface area contributed by atoms with Crippen molar-refractivity contribution in [2.24, 2.45) is 0 Å². The van der Waals surface area contributed by atoms with Crippen molar-refractivity contribution in [1.29, 1.82) is 0 Å². The molecule has 1 amide bonds. The fraction of sp³-hybridized carbons (Fsp3) is 0.286. The molecule has 0 atom stereocenters. The van der Waals surface area contributed by atoms with Crippen LogP contribution in [0, 0.1) is 6.92 Å². The van der Waals surface area contributed by atoms with Crippen LogP contribution in [-0.2, 0) is 6.54 Å². The van der Waals surface area contributed by atoms with Gasteiger partial charge in [0.25, 0.3) is 5.91 Å². The van der Waals surface area contributed by atoms with Crippen LogP contribution >= 0.6 is 11.3 Å². The van der Waals surface area contributed by atoms with E-state index >= 15 is 0 Å². The number of nitrogens with zero attached hydrogens (tertiary/aromatic N) is 5. The van der Waals surface area contributed by atoms with E-state index in [9.17, 15) is 4.79 Å². The van der Waals surface area contributed by atoms with Crippen molar-refractivity contribution in [1.82, 2.24) is 30.2 Å². The van der Waals surface area contributed by atoms with Crippen molar-refractivity contribution in [2.75, 3.05) is 6.54 Å². The zero-order chi connectivity index (χ0) is 21.1. The zero-order valence-corrected chi connectivity index (χ0v) is 17.8. The summed E-state index contributed by atoms with van der Waals surface area (Å²) in [5.41, 5.74) is 3.83. The average molecular weight is 423 g/mol. The largest absolute Gasteiger partial charge is 0.361 e. The number of nitrogens with one attached hydrogen (secondary N) is 1. The Bertz CT molecular complexity index is 1130. The van der Waals surface area contributed by atoms with E-state index in [4.69, 9.17) is 4.52 Å². The SMILES string of the molecule is Cc1onc(C(C)C)c1C(=O)NCCn1ncc(-c2cnccn2)c1-c1cccs1. The summed E-state index contributed by atoms with van der Waals surface area (Å²) in [6, 6.07) is 4.05. The summed E-state index contributed by atoms with van der Waals surface area (Å²) >= 11 is 1.63. The zero-order valence-electron chi connectivity index (χ0n) is 17.0. The van der Waals surface area contributed by atoms with Gasteiger partial charge in [-0.1, -0.05) is 25.1 Å². The number of amides is 1. The lowest BCUT2D eigenvalue weighted by Crippen LogP contribution is -2.28. The van der Waals surface area contributed by atoms with E-state index in [0.29, 0.717) is 30.1 Å². The van der Waals surface area contributed by atoms with Crippen LogP contribution in [0.4, 0.5) is 0 Å². The van der Waals surface area contributed by atoms with Crippen molar-refractivity contribution in [2.45, 2.75) is 33.2 Å². The summed E-state index contributed by atoms with van der Waals surface area (Å²) in [7, 11) is 0. The van der Waals surface area contributed by atoms with Crippen LogP contribution in [0.15, 0.2) is 46.8 Å². The van der Waals surface area contributed by atoms with Gasteiger partial charge in [-0.15, -0.1) is 11.3 Å². The molecule has 4 aromatic heterocycles. The van der Waals surface area contributed by atoms with Gasteiger partial charge in [0.1, 0.15) is 11.3 Å². The maximum atomic E-state index is 12.7. The lowest BCUT2D eigenvalue weighted by Gasteiger charge is -2.10. The Kier molecular flexibility index (Phi) is 5.71. The molecular weight excluding hydrogens is 400 g/mol. The molecule has 0 saturated heterocycles. The molecule has 30 heavy (non-hydrogen) atoms. The van der Waals surface area contributed by atoms with Gasteiger partial charge in [-0.2, -0.15) is 5.10 Å². The third kappa shape index (κ3) is 3.88. The second-order valence-corrected chi connectivity index (χ2v) is 8.06. The van der Waals surface area contributed by atoms with E-state index in [2.05, 4.69) is 25.5 Å². The topological polar surface area (TPSA) is 98.7 Å². The number of rotatable bonds is 7. The van der Waals surface area contributed by atoms with Crippen molar-refractivity contribution < 1.29 is 9.32 Å². The molecule has 0 radical (unpaired) electrons. The van der Waals surface area contributed by atoms with E-state index < -0.39 is 0 Å². The lowest BCUT2D eigenvalue weighted by atomic mass is 10.0. The van der Waals surface area contributed by atoms with Gasteiger partial charge in [0, 0.05) is 24.5 Å². The molecule has 154 valence electrons. The van der Waals surface area contributed by atoms with E-state index in [1.807, 2.05) is 36.0 Å². The second kappa shape index (κ2) is 8.58. The molecule has 9 heteroatoms. The fourth-order valence-corrected chi connectivity index (χ4v) is 4.06. The average Bonchev–Trinajstić information content (AvgIpc) is 3.47. The highest BCUT2D eigenvalue weighted by atomic mass is 32.1. The van der Waals surface area contributed by atoms with Crippen LogP contribution in [0.3, 0.4) is 0 Å². The normalized spacial score (nSPS) is 11.2. The van der Waals surface area contributed by atoms with Gasteiger partial charge in [-0.3, -0.25) is 19.4 Å². The predicted octanol–water partition coefficient (Wildman–Crippen LogP) is 3.92. The summed E-state index contributed by atoms with van der Waals surface area (Å²) in [6.07, 6.45) is 6.83. The summed E-state index contributed by atoms with van der Waals surface area (Å²) < 4.78 is 7.11. The number of aryl methyl sites for hydroxylation is 1. The maximum absolute atomic E-state index is 12.7. The van der Waals surface area contributed by atoms with Gasteiger partial charge in [-0.25, -0.2) is 0 Å². The third-order valence-electron chi connectivity index (χ3n) is 4.71. The van der Waals surface area contributed by atoms with Crippen LogP contribution in [-0.4, -0.2) is 37.4 Å². The first-order valence-corrected chi connectivity index (χ1v) is 10.5. The molecule has 0 aromatic carbocycles. The fourth-order valence-electron chi connectivity index (χ4n) is 3.28. The van der Waals surface area contributed by atoms with Crippen LogP contribution in [0.5, 0.6) is 0 Å². The molecule has 0 aliphatic rings. The minimum Gasteiger partial charge on any atom is -0.361 e. The Labute approximate surface area is 178 Å². The summed E-state index contributed by atoms with van der Waals surface area (Å²) in [4.78, 5) is 22.4. The highest BCUT2D eigenvalue weighted by molar-refractivity contribution is 7.13. The van der Waals surface area contributed by atoms with E-state index in [1.54, 1.807) is 43.0 Å². The smallest absolute Gasteiger partial charge is 0.256 e. The molecule has 0 bridgehead atoms. The Morgan fingerprint density at radius 1 is 1.30 bits per heavy atom. The second-order valence-electron chi connectivity index (χ2n) is 7.11. The number of hydrogen-bond donors (Lipinski definition) is 1. The van der Waals surface area contributed by atoms with Gasteiger partial charge in [0.05, 0.1) is 40.9 Å². The Morgan fingerprint density at radius 3 is 2.87 bits per heavy atom. The van der Waals surface area contributed by atoms with E-state index in [-0.39, 0.29) is 11.8 Å². The van der Waals surface area contributed by atoms with Gasteiger partial charge in [-0.05, 0) is 24.3 Å². The Hall–Kier alpha value is -3.33. The molecule has 0 aliphatic heterocycles. The molecule has 0 aliphatic carbocycles. The first-order chi connectivity index (χ1) is 14.6. The van der Waals surface area contributed by atoms with Crippen LogP contribution in [0.25, 0.3) is 21.8 Å². The summed E-state index contributed by atoms with van der Waals surface area (Å²) in [5, 5.41) is 13.6. The molecule has 1 N–H and O–H groups in total. The Morgan fingerprint density at radius 2 is 2.17 bits per heavy atom. The lowest BCUT2D eigenvalue weighted by molar-refractivity contribution is 0.0949. The number of aromatic nitrogens is 5. The highest BCUT2D eigenvalue weighted by Crippen LogP contribution is 2.33. The maximum Gasteiger partial charge on any atom is 0.256 e. The molecular formula is C21H22N6O2S. The quantitative estimate of drug-likeness (QED) is 0.485. The first kappa shape index (κ1) is 20.0. The minimum atomic E-state index is -0.184. The van der Waals surface area contributed by atoms with Gasteiger partial charge >= 0.3 is 0 Å². The molecule has 0 fully saturated rings. The van der Waals surface area contributed by atoms with E-state index in [0.717, 1.165) is 21.8 Å². The number of carbonyl (C=O) groups excluding carboxylic acids is 1. The van der Waals surface area contributed by atoms with Crippen LogP contribution < -0.4 is 5.32 Å². The molecule has 4 heterocycles. The van der Waals surface area contributed by atoms with Crippen LogP contribution in [0.1, 0.15) is 41.6 Å². The molecule has 8 nitrogen and oxygen atoms in total. The van der Waals surface area contributed by atoms with Crippen molar-refractivity contribution >= 4 is 17.2 Å². The number of thiophene rings is 1. The number of carbonyl (C=O) groups is 1. The van der Waals surface area contributed by atoms with Crippen molar-refractivity contribution in [3.05, 3.63) is 59.3 Å². The minimum absolute atomic E-state index is 0.106. The molecule has 0 unspecified atom stereocenters. The Balaban J connectivity index is 1.54. The molecule has 0 saturated carbocycles. The standard InChI is InChI=1S/C21H22N6O2S/c1-13(2)19-18(14(3)29-26-19)21(28)24-8-9-27-20(17-5-4-10-30-17)15(11-25-27)16-12-22-6-7-23-16/h4-7,10-13H,8-9H2,1-3H3,(H,24,28). The van der Waals surface area contributed by atoms with Gasteiger partial charge in [0.2, 0.25) is 0 Å².